The largest absolute Gasteiger partial charge is 0.450 e. The number of benzene rings is 1. The molecule has 2 heterocycles. The number of ether oxygens (including phenoxy) is 1. The van der Waals surface area contributed by atoms with E-state index < -0.39 is 10.9 Å². The predicted octanol–water partition coefficient (Wildman–Crippen LogP) is 3.95. The molecule has 0 aliphatic carbocycles. The van der Waals surface area contributed by atoms with Gasteiger partial charge in [0.05, 0.1) is 15.5 Å². The molecule has 1 aliphatic heterocycles. The first kappa shape index (κ1) is 15.4. The molecule has 0 amide bonds. The van der Waals surface area contributed by atoms with Crippen LogP contribution in [0.25, 0.3) is 6.08 Å². The van der Waals surface area contributed by atoms with E-state index in [9.17, 15) is 14.9 Å². The summed E-state index contributed by atoms with van der Waals surface area (Å²) in [7, 11) is 0. The average Bonchev–Trinajstić information content (AvgIpc) is 3.06. The Hall–Kier alpha value is -2.45. The lowest BCUT2D eigenvalue weighted by Gasteiger charge is -2.02. The Morgan fingerprint density at radius 3 is 2.70 bits per heavy atom. The molecule has 116 valence electrons. The van der Waals surface area contributed by atoms with Crippen molar-refractivity contribution in [3.05, 3.63) is 67.2 Å². The fraction of sp³-hybridized carbons (Fsp3) is 0. The molecule has 9 heteroatoms. The third-order valence-electron chi connectivity index (χ3n) is 2.89. The number of nitro groups is 1. The van der Waals surface area contributed by atoms with Crippen LogP contribution in [0, 0.1) is 10.1 Å². The number of esters is 1. The van der Waals surface area contributed by atoms with Crippen molar-refractivity contribution in [2.45, 2.75) is 0 Å². The maximum absolute atomic E-state index is 11.8. The molecule has 1 aromatic heterocycles. The third-order valence-corrected chi connectivity index (χ3v) is 3.63. The van der Waals surface area contributed by atoms with Gasteiger partial charge in [-0.15, -0.1) is 0 Å². The Morgan fingerprint density at radius 1 is 1.30 bits per heavy atom. The molecule has 2 aromatic rings. The van der Waals surface area contributed by atoms with Crippen molar-refractivity contribution in [3.63, 3.8) is 0 Å². The number of furan rings is 1. The molecule has 0 radical (unpaired) electrons. The summed E-state index contributed by atoms with van der Waals surface area (Å²) in [4.78, 5) is 26.0. The molecule has 3 rings (SSSR count). The van der Waals surface area contributed by atoms with E-state index >= 15 is 0 Å². The standard InChI is InChI=1S/C14H6BrClN2O5/c15-12-4-2-8(22-12)6-11-14(19)23-13(17-11)9-3-1-7(18(20)21)5-10(9)16/h1-6H/b11-6-. The minimum absolute atomic E-state index is 0.0215. The van der Waals surface area contributed by atoms with Crippen LogP contribution < -0.4 is 0 Å². The van der Waals surface area contributed by atoms with E-state index in [4.69, 9.17) is 20.8 Å². The van der Waals surface area contributed by atoms with Crippen LogP contribution in [0.4, 0.5) is 5.69 Å². The zero-order valence-corrected chi connectivity index (χ0v) is 13.5. The topological polar surface area (TPSA) is 94.9 Å². The third kappa shape index (κ3) is 3.17. The van der Waals surface area contributed by atoms with Crippen LogP contribution in [0.15, 0.2) is 50.1 Å². The number of hydrogen-bond acceptors (Lipinski definition) is 6. The number of carbonyl (C=O) groups is 1. The van der Waals surface area contributed by atoms with Crippen molar-refractivity contribution in [1.82, 2.24) is 0 Å². The molecule has 1 aliphatic rings. The van der Waals surface area contributed by atoms with Crippen LogP contribution in [0.2, 0.25) is 5.02 Å². The van der Waals surface area contributed by atoms with E-state index in [2.05, 4.69) is 20.9 Å². The fourth-order valence-electron chi connectivity index (χ4n) is 1.86. The van der Waals surface area contributed by atoms with E-state index in [1.54, 1.807) is 12.1 Å². The van der Waals surface area contributed by atoms with Crippen molar-refractivity contribution >= 4 is 51.2 Å². The molecular formula is C14H6BrClN2O5. The molecule has 1 aromatic carbocycles. The molecular weight excluding hydrogens is 392 g/mol. The number of cyclic esters (lactones) is 1. The molecule has 0 N–H and O–H groups in total. The molecule has 0 spiro atoms. The second-order valence-corrected chi connectivity index (χ2v) is 5.59. The number of hydrogen-bond donors (Lipinski definition) is 0. The van der Waals surface area contributed by atoms with E-state index in [-0.39, 0.29) is 27.9 Å². The summed E-state index contributed by atoms with van der Waals surface area (Å²) in [6.07, 6.45) is 1.42. The lowest BCUT2D eigenvalue weighted by atomic mass is 10.2. The Balaban J connectivity index is 1.95. The maximum Gasteiger partial charge on any atom is 0.363 e. The lowest BCUT2D eigenvalue weighted by Crippen LogP contribution is -2.06. The second-order valence-electron chi connectivity index (χ2n) is 4.40. The van der Waals surface area contributed by atoms with Crippen LogP contribution >= 0.6 is 27.5 Å². The second kappa shape index (κ2) is 5.98. The van der Waals surface area contributed by atoms with Crippen molar-refractivity contribution in [2.24, 2.45) is 4.99 Å². The molecule has 7 nitrogen and oxygen atoms in total. The summed E-state index contributed by atoms with van der Waals surface area (Å²) >= 11 is 9.14. The zero-order valence-electron chi connectivity index (χ0n) is 11.2. The van der Waals surface area contributed by atoms with Crippen LogP contribution in [-0.4, -0.2) is 16.8 Å². The van der Waals surface area contributed by atoms with E-state index in [1.165, 1.54) is 24.3 Å². The summed E-state index contributed by atoms with van der Waals surface area (Å²) < 4.78 is 10.8. The van der Waals surface area contributed by atoms with Gasteiger partial charge in [0.2, 0.25) is 5.90 Å². The van der Waals surface area contributed by atoms with Crippen molar-refractivity contribution in [2.75, 3.05) is 0 Å². The Kier molecular flexibility index (Phi) is 4.01. The first-order chi connectivity index (χ1) is 10.9. The minimum Gasteiger partial charge on any atom is -0.450 e. The first-order valence-corrected chi connectivity index (χ1v) is 7.33. The highest BCUT2D eigenvalue weighted by Crippen LogP contribution is 2.27. The van der Waals surface area contributed by atoms with Crippen LogP contribution in [0.5, 0.6) is 0 Å². The van der Waals surface area contributed by atoms with Gasteiger partial charge in [-0.2, -0.15) is 0 Å². The zero-order chi connectivity index (χ0) is 16.6. The molecule has 23 heavy (non-hydrogen) atoms. The van der Waals surface area contributed by atoms with Crippen molar-refractivity contribution in [3.8, 4) is 0 Å². The molecule has 0 saturated heterocycles. The maximum atomic E-state index is 11.8. The summed E-state index contributed by atoms with van der Waals surface area (Å²) in [5.41, 5.74) is 0.158. The monoisotopic (exact) mass is 396 g/mol. The first-order valence-electron chi connectivity index (χ1n) is 6.16. The number of carbonyl (C=O) groups excluding carboxylic acids is 1. The van der Waals surface area contributed by atoms with Gasteiger partial charge in [0, 0.05) is 18.2 Å². The smallest absolute Gasteiger partial charge is 0.363 e. The minimum atomic E-state index is -0.665. The Bertz CT molecular complexity index is 887. The Labute approximate surface area is 142 Å². The van der Waals surface area contributed by atoms with Gasteiger partial charge in [-0.25, -0.2) is 9.79 Å². The summed E-state index contributed by atoms with van der Waals surface area (Å²) in [6.45, 7) is 0. The van der Waals surface area contributed by atoms with Crippen LogP contribution in [0.1, 0.15) is 11.3 Å². The number of nitro benzene ring substituents is 1. The van der Waals surface area contributed by atoms with E-state index in [0.29, 0.717) is 10.4 Å². The van der Waals surface area contributed by atoms with Gasteiger partial charge in [0.1, 0.15) is 5.76 Å². The van der Waals surface area contributed by atoms with Crippen molar-refractivity contribution < 1.29 is 18.9 Å². The summed E-state index contributed by atoms with van der Waals surface area (Å²) in [5, 5.41) is 10.8. The highest BCUT2D eigenvalue weighted by atomic mass is 79.9. The van der Waals surface area contributed by atoms with Gasteiger partial charge >= 0.3 is 5.97 Å². The van der Waals surface area contributed by atoms with E-state index in [1.807, 2.05) is 0 Å². The van der Waals surface area contributed by atoms with Crippen molar-refractivity contribution in [1.29, 1.82) is 0 Å². The SMILES string of the molecule is O=C1OC(c2ccc([N+](=O)[O-])cc2Cl)=N/C1=C\c1ccc(Br)o1. The van der Waals surface area contributed by atoms with Crippen LogP contribution in [-0.2, 0) is 9.53 Å². The van der Waals surface area contributed by atoms with E-state index in [0.717, 1.165) is 0 Å². The summed E-state index contributed by atoms with van der Waals surface area (Å²) in [6, 6.07) is 7.11. The molecule has 0 bridgehead atoms. The molecule has 0 unspecified atom stereocenters. The van der Waals surface area contributed by atoms with Gasteiger partial charge < -0.3 is 9.15 Å². The average molecular weight is 398 g/mol. The Morgan fingerprint density at radius 2 is 2.09 bits per heavy atom. The highest BCUT2D eigenvalue weighted by molar-refractivity contribution is 9.10. The molecule has 0 atom stereocenters. The van der Waals surface area contributed by atoms with Gasteiger partial charge in [0.15, 0.2) is 10.4 Å². The molecule has 0 fully saturated rings. The summed E-state index contributed by atoms with van der Waals surface area (Å²) in [5.74, 6) is -0.266. The lowest BCUT2D eigenvalue weighted by molar-refractivity contribution is -0.384. The number of aliphatic imine (C=N–C) groups is 1. The highest BCUT2D eigenvalue weighted by Gasteiger charge is 2.26. The normalized spacial score (nSPS) is 15.7. The van der Waals surface area contributed by atoms with Gasteiger partial charge in [-0.1, -0.05) is 11.6 Å². The molecule has 0 saturated carbocycles. The number of nitrogens with zero attached hydrogens (tertiary/aromatic N) is 2. The quantitative estimate of drug-likeness (QED) is 0.338. The number of rotatable bonds is 3. The van der Waals surface area contributed by atoms with Gasteiger partial charge in [-0.3, -0.25) is 10.1 Å². The number of halogens is 2. The van der Waals surface area contributed by atoms with Gasteiger partial charge in [0.25, 0.3) is 5.69 Å². The van der Waals surface area contributed by atoms with Crippen LogP contribution in [0.3, 0.4) is 0 Å². The fourth-order valence-corrected chi connectivity index (χ4v) is 2.43. The number of non-ortho nitro benzene ring substituents is 1. The van der Waals surface area contributed by atoms with Gasteiger partial charge in [-0.05, 0) is 34.1 Å². The predicted molar refractivity (Wildman–Crippen MR) is 85.1 cm³/mol.